The van der Waals surface area contributed by atoms with Gasteiger partial charge in [0.05, 0.1) is 12.6 Å². The summed E-state index contributed by atoms with van der Waals surface area (Å²) in [6.07, 6.45) is 8.69. The van der Waals surface area contributed by atoms with Gasteiger partial charge in [-0.1, -0.05) is 30.8 Å². The van der Waals surface area contributed by atoms with Crippen LogP contribution in [0, 0.1) is 11.8 Å². The average molecular weight is 322 g/mol. The first-order valence-corrected chi connectivity index (χ1v) is 8.79. The predicted molar refractivity (Wildman–Crippen MR) is 83.4 cm³/mol. The Bertz CT molecular complexity index is 555. The minimum Gasteiger partial charge on any atom is -0.465 e. The van der Waals surface area contributed by atoms with Crippen LogP contribution in [0.25, 0.3) is 0 Å². The quantitative estimate of drug-likeness (QED) is 0.455. The fraction of sp³-hybridized carbons (Fsp3) is 0.733. The molecule has 0 aliphatic heterocycles. The minimum absolute atomic E-state index is 0.183. The minimum atomic E-state index is -0.294. The molecule has 3 unspecified atom stereocenters. The van der Waals surface area contributed by atoms with Crippen LogP contribution in [0.15, 0.2) is 17.3 Å². The molecule has 7 heteroatoms. The first-order chi connectivity index (χ1) is 10.6. The molecule has 1 saturated carbocycles. The van der Waals surface area contributed by atoms with Crippen molar-refractivity contribution in [1.29, 1.82) is 0 Å². The van der Waals surface area contributed by atoms with E-state index in [1.807, 2.05) is 11.6 Å². The van der Waals surface area contributed by atoms with Crippen LogP contribution in [0.4, 0.5) is 0 Å². The number of hydrogen-bond acceptors (Lipinski definition) is 6. The predicted octanol–water partition coefficient (Wildman–Crippen LogP) is 2.63. The first kappa shape index (κ1) is 15.5. The van der Waals surface area contributed by atoms with Crippen molar-refractivity contribution < 1.29 is 9.53 Å². The Balaban J connectivity index is 1.49. The number of aromatic nitrogens is 4. The summed E-state index contributed by atoms with van der Waals surface area (Å²) in [5.74, 6) is 0.822. The van der Waals surface area contributed by atoms with E-state index in [2.05, 4.69) is 34.6 Å². The van der Waals surface area contributed by atoms with Gasteiger partial charge in [0.1, 0.15) is 5.25 Å². The number of allylic oxidation sites excluding steroid dienone is 2. The average Bonchev–Trinajstić information content (AvgIpc) is 3.26. The van der Waals surface area contributed by atoms with Crippen LogP contribution in [0.3, 0.4) is 0 Å². The normalized spacial score (nSPS) is 25.9. The summed E-state index contributed by atoms with van der Waals surface area (Å²) >= 11 is 1.38. The molecular formula is C15H22N4O2S. The second kappa shape index (κ2) is 6.81. The zero-order chi connectivity index (χ0) is 15.5. The van der Waals surface area contributed by atoms with Gasteiger partial charge in [-0.15, -0.1) is 5.10 Å². The van der Waals surface area contributed by atoms with Crippen molar-refractivity contribution in [2.75, 3.05) is 6.61 Å². The molecule has 0 spiro atoms. The van der Waals surface area contributed by atoms with Crippen LogP contribution < -0.4 is 0 Å². The van der Waals surface area contributed by atoms with Crippen LogP contribution in [-0.2, 0) is 9.53 Å². The van der Waals surface area contributed by atoms with Crippen LogP contribution in [0.1, 0.15) is 45.6 Å². The van der Waals surface area contributed by atoms with Gasteiger partial charge in [-0.3, -0.25) is 4.79 Å². The van der Waals surface area contributed by atoms with Gasteiger partial charge >= 0.3 is 5.97 Å². The van der Waals surface area contributed by atoms with Gasteiger partial charge in [-0.2, -0.15) is 0 Å². The molecular weight excluding hydrogens is 300 g/mol. The van der Waals surface area contributed by atoms with Crippen molar-refractivity contribution in [1.82, 2.24) is 20.2 Å². The van der Waals surface area contributed by atoms with Crippen LogP contribution >= 0.6 is 11.8 Å². The lowest BCUT2D eigenvalue weighted by Crippen LogP contribution is -2.25. The molecule has 0 aromatic carbocycles. The second-order valence-electron chi connectivity index (χ2n) is 6.21. The summed E-state index contributed by atoms with van der Waals surface area (Å²) in [6, 6.07) is 0.413. The standard InChI is InChI=1S/C15H22N4O2S/c1-10-5-3-4-6-12(10)9-21-14(20)11(2)22-15-16-17-18-19(15)13-7-8-13/h3-4,10-13H,5-9H2,1-2H3. The fourth-order valence-corrected chi connectivity index (χ4v) is 3.42. The van der Waals surface area contributed by atoms with E-state index in [4.69, 9.17) is 4.74 Å². The van der Waals surface area contributed by atoms with E-state index in [0.717, 1.165) is 25.7 Å². The van der Waals surface area contributed by atoms with Gasteiger partial charge in [0.2, 0.25) is 5.16 Å². The molecule has 2 aliphatic rings. The monoisotopic (exact) mass is 322 g/mol. The lowest BCUT2D eigenvalue weighted by molar-refractivity contribution is -0.144. The van der Waals surface area contributed by atoms with Gasteiger partial charge in [0.25, 0.3) is 0 Å². The third-order valence-corrected chi connectivity index (χ3v) is 5.35. The third kappa shape index (κ3) is 3.69. The number of rotatable bonds is 6. The number of nitrogens with zero attached hydrogens (tertiary/aromatic N) is 4. The van der Waals surface area contributed by atoms with Gasteiger partial charge in [0, 0.05) is 0 Å². The fourth-order valence-electron chi connectivity index (χ4n) is 2.56. The molecule has 0 N–H and O–H groups in total. The van der Waals surface area contributed by atoms with E-state index in [1.54, 1.807) is 0 Å². The maximum Gasteiger partial charge on any atom is 0.319 e. The topological polar surface area (TPSA) is 69.9 Å². The maximum atomic E-state index is 12.2. The van der Waals surface area contributed by atoms with E-state index in [0.29, 0.717) is 29.6 Å². The van der Waals surface area contributed by atoms with Gasteiger partial charge in [-0.25, -0.2) is 4.68 Å². The zero-order valence-electron chi connectivity index (χ0n) is 13.0. The largest absolute Gasteiger partial charge is 0.465 e. The molecule has 0 saturated heterocycles. The molecule has 6 nitrogen and oxygen atoms in total. The summed E-state index contributed by atoms with van der Waals surface area (Å²) in [5, 5.41) is 12.1. The second-order valence-corrected chi connectivity index (χ2v) is 7.52. The number of esters is 1. The molecule has 1 aromatic heterocycles. The van der Waals surface area contributed by atoms with Gasteiger partial charge in [0.15, 0.2) is 0 Å². The molecule has 0 bridgehead atoms. The Morgan fingerprint density at radius 1 is 1.45 bits per heavy atom. The van der Waals surface area contributed by atoms with Crippen LogP contribution in [-0.4, -0.2) is 38.0 Å². The lowest BCUT2D eigenvalue weighted by atomic mass is 9.85. The van der Waals surface area contributed by atoms with E-state index in [1.165, 1.54) is 11.8 Å². The highest BCUT2D eigenvalue weighted by Crippen LogP contribution is 2.37. The number of carbonyl (C=O) groups excluding carboxylic acids is 1. The summed E-state index contributed by atoms with van der Waals surface area (Å²) in [6.45, 7) is 4.57. The van der Waals surface area contributed by atoms with Crippen molar-refractivity contribution >= 4 is 17.7 Å². The Hall–Kier alpha value is -1.37. The van der Waals surface area contributed by atoms with Crippen molar-refractivity contribution in [2.24, 2.45) is 11.8 Å². The number of thioether (sulfide) groups is 1. The molecule has 0 radical (unpaired) electrons. The van der Waals surface area contributed by atoms with E-state index in [9.17, 15) is 4.79 Å². The molecule has 1 fully saturated rings. The van der Waals surface area contributed by atoms with Crippen molar-refractivity contribution in [3.63, 3.8) is 0 Å². The number of ether oxygens (including phenoxy) is 1. The Morgan fingerprint density at radius 3 is 2.95 bits per heavy atom. The van der Waals surface area contributed by atoms with Gasteiger partial charge < -0.3 is 4.74 Å². The lowest BCUT2D eigenvalue weighted by Gasteiger charge is -2.25. The Kier molecular flexibility index (Phi) is 4.81. The van der Waals surface area contributed by atoms with E-state index < -0.39 is 0 Å². The highest BCUT2D eigenvalue weighted by Gasteiger charge is 2.30. The van der Waals surface area contributed by atoms with Crippen molar-refractivity contribution in [2.45, 2.75) is 56.0 Å². The Labute approximate surface area is 134 Å². The maximum absolute atomic E-state index is 12.2. The van der Waals surface area contributed by atoms with Crippen LogP contribution in [0.5, 0.6) is 0 Å². The van der Waals surface area contributed by atoms with Crippen molar-refractivity contribution in [3.8, 4) is 0 Å². The first-order valence-electron chi connectivity index (χ1n) is 7.91. The molecule has 120 valence electrons. The summed E-state index contributed by atoms with van der Waals surface area (Å²) in [5.41, 5.74) is 0. The van der Waals surface area contributed by atoms with E-state index >= 15 is 0 Å². The molecule has 1 heterocycles. The molecule has 1 aromatic rings. The molecule has 3 rings (SSSR count). The molecule has 3 atom stereocenters. The van der Waals surface area contributed by atoms with Crippen molar-refractivity contribution in [3.05, 3.63) is 12.2 Å². The third-order valence-electron chi connectivity index (χ3n) is 4.33. The number of tetrazole rings is 1. The number of hydrogen-bond donors (Lipinski definition) is 0. The highest BCUT2D eigenvalue weighted by molar-refractivity contribution is 8.00. The van der Waals surface area contributed by atoms with Crippen LogP contribution in [0.2, 0.25) is 0 Å². The van der Waals surface area contributed by atoms with E-state index in [-0.39, 0.29) is 11.2 Å². The summed E-state index contributed by atoms with van der Waals surface area (Å²) in [7, 11) is 0. The number of carbonyl (C=O) groups is 1. The SMILES string of the molecule is CC(Sc1nnnn1C1CC1)C(=O)OCC1CC=CCC1C. The smallest absolute Gasteiger partial charge is 0.319 e. The summed E-state index contributed by atoms with van der Waals surface area (Å²) < 4.78 is 7.33. The Morgan fingerprint density at radius 2 is 2.23 bits per heavy atom. The summed E-state index contributed by atoms with van der Waals surface area (Å²) in [4.78, 5) is 12.2. The molecule has 2 aliphatic carbocycles. The highest BCUT2D eigenvalue weighted by atomic mass is 32.2. The molecule has 0 amide bonds. The zero-order valence-corrected chi connectivity index (χ0v) is 13.8. The van der Waals surface area contributed by atoms with Gasteiger partial charge in [-0.05, 0) is 54.9 Å². The molecule has 22 heavy (non-hydrogen) atoms.